The fourth-order valence-corrected chi connectivity index (χ4v) is 2.52. The Morgan fingerprint density at radius 2 is 1.53 bits per heavy atom. The number of benzene rings is 2. The lowest BCUT2D eigenvalue weighted by Crippen LogP contribution is -2.37. The monoisotopic (exact) mass is 413 g/mol. The molecule has 0 unspecified atom stereocenters. The summed E-state index contributed by atoms with van der Waals surface area (Å²) in [5.74, 6) is -0.0161. The van der Waals surface area contributed by atoms with E-state index >= 15 is 0 Å². The molecule has 0 saturated carbocycles. The van der Waals surface area contributed by atoms with Crippen molar-refractivity contribution in [2.24, 2.45) is 0 Å². The summed E-state index contributed by atoms with van der Waals surface area (Å²) < 4.78 is 10.3. The zero-order valence-corrected chi connectivity index (χ0v) is 17.6. The summed E-state index contributed by atoms with van der Waals surface area (Å²) in [5.41, 5.74) is 1.03. The van der Waals surface area contributed by atoms with Crippen LogP contribution in [0.15, 0.2) is 48.5 Å². The van der Waals surface area contributed by atoms with Gasteiger partial charge in [0.05, 0.1) is 24.9 Å². The molecule has 0 heterocycles. The van der Waals surface area contributed by atoms with E-state index in [0.717, 1.165) is 5.56 Å². The molecule has 3 amide bonds. The highest BCUT2D eigenvalue weighted by Gasteiger charge is 2.17. The Hall–Kier alpha value is -3.55. The Bertz CT molecular complexity index is 906. The van der Waals surface area contributed by atoms with Crippen LogP contribution in [-0.4, -0.2) is 37.2 Å². The highest BCUT2D eigenvalue weighted by Crippen LogP contribution is 2.21. The fourth-order valence-electron chi connectivity index (χ4n) is 2.52. The Kier molecular flexibility index (Phi) is 7.80. The molecule has 0 spiro atoms. The number of ether oxygens (including phenoxy) is 2. The lowest BCUT2D eigenvalue weighted by molar-refractivity contribution is -0.116. The van der Waals surface area contributed by atoms with Gasteiger partial charge in [-0.1, -0.05) is 24.3 Å². The maximum Gasteiger partial charge on any atom is 0.408 e. The topological polar surface area (TPSA) is 106 Å². The second kappa shape index (κ2) is 10.3. The SMILES string of the molecule is COc1cccc(CC(=O)Nc2ccccc2NC(=O)CNC(=O)OC(C)(C)C)c1. The van der Waals surface area contributed by atoms with Gasteiger partial charge in [0.2, 0.25) is 11.8 Å². The third kappa shape index (κ3) is 7.83. The van der Waals surface area contributed by atoms with Crippen molar-refractivity contribution < 1.29 is 23.9 Å². The molecule has 0 aliphatic rings. The number of para-hydroxylation sites is 2. The van der Waals surface area contributed by atoms with Crippen LogP contribution in [0.25, 0.3) is 0 Å². The summed E-state index contributed by atoms with van der Waals surface area (Å²) >= 11 is 0. The van der Waals surface area contributed by atoms with Crippen molar-refractivity contribution in [3.63, 3.8) is 0 Å². The van der Waals surface area contributed by atoms with Gasteiger partial charge in [-0.3, -0.25) is 9.59 Å². The van der Waals surface area contributed by atoms with Gasteiger partial charge < -0.3 is 25.4 Å². The molecule has 0 fully saturated rings. The molecule has 0 aliphatic heterocycles. The van der Waals surface area contributed by atoms with E-state index in [1.165, 1.54) is 0 Å². The Balaban J connectivity index is 1.94. The molecule has 0 bridgehead atoms. The molecule has 8 heteroatoms. The maximum absolute atomic E-state index is 12.4. The van der Waals surface area contributed by atoms with E-state index in [0.29, 0.717) is 17.1 Å². The summed E-state index contributed by atoms with van der Waals surface area (Å²) in [6.07, 6.45) is -0.530. The van der Waals surface area contributed by atoms with Crippen LogP contribution in [0.1, 0.15) is 26.3 Å². The summed E-state index contributed by atoms with van der Waals surface area (Å²) in [6, 6.07) is 14.1. The van der Waals surface area contributed by atoms with Gasteiger partial charge in [-0.2, -0.15) is 0 Å². The number of hydrogen-bond donors (Lipinski definition) is 3. The van der Waals surface area contributed by atoms with Gasteiger partial charge in [0.1, 0.15) is 17.9 Å². The molecule has 2 aromatic carbocycles. The minimum Gasteiger partial charge on any atom is -0.497 e. The zero-order valence-electron chi connectivity index (χ0n) is 17.6. The van der Waals surface area contributed by atoms with Crippen molar-refractivity contribution in [3.8, 4) is 5.75 Å². The number of rotatable bonds is 7. The number of alkyl carbamates (subject to hydrolysis) is 1. The van der Waals surface area contributed by atoms with Crippen molar-refractivity contribution in [3.05, 3.63) is 54.1 Å². The quantitative estimate of drug-likeness (QED) is 0.646. The predicted octanol–water partition coefficient (Wildman–Crippen LogP) is 3.34. The molecule has 0 aromatic heterocycles. The second-order valence-corrected chi connectivity index (χ2v) is 7.53. The first-order chi connectivity index (χ1) is 14.2. The molecule has 2 rings (SSSR count). The van der Waals surface area contributed by atoms with Crippen molar-refractivity contribution in [2.45, 2.75) is 32.8 Å². The highest BCUT2D eigenvalue weighted by molar-refractivity contribution is 6.01. The van der Waals surface area contributed by atoms with Crippen LogP contribution < -0.4 is 20.7 Å². The predicted molar refractivity (Wildman–Crippen MR) is 115 cm³/mol. The van der Waals surface area contributed by atoms with Gasteiger partial charge in [-0.15, -0.1) is 0 Å². The molecule has 30 heavy (non-hydrogen) atoms. The Morgan fingerprint density at radius 1 is 0.900 bits per heavy atom. The second-order valence-electron chi connectivity index (χ2n) is 7.53. The molecule has 3 N–H and O–H groups in total. The van der Waals surface area contributed by atoms with Crippen LogP contribution in [0.5, 0.6) is 5.75 Å². The summed E-state index contributed by atoms with van der Waals surface area (Å²) in [5, 5.41) is 7.85. The summed E-state index contributed by atoms with van der Waals surface area (Å²) in [6.45, 7) is 4.94. The van der Waals surface area contributed by atoms with Gasteiger partial charge in [0.15, 0.2) is 0 Å². The number of nitrogens with one attached hydrogen (secondary N) is 3. The number of amides is 3. The van der Waals surface area contributed by atoms with E-state index in [2.05, 4.69) is 16.0 Å². The molecule has 160 valence electrons. The van der Waals surface area contributed by atoms with Gasteiger partial charge in [0, 0.05) is 0 Å². The van der Waals surface area contributed by atoms with Gasteiger partial charge >= 0.3 is 6.09 Å². The summed E-state index contributed by atoms with van der Waals surface area (Å²) in [7, 11) is 1.57. The minimum absolute atomic E-state index is 0.152. The van der Waals surface area contributed by atoms with Crippen molar-refractivity contribution >= 4 is 29.3 Å². The van der Waals surface area contributed by atoms with E-state index < -0.39 is 17.6 Å². The minimum atomic E-state index is -0.683. The molecule has 0 radical (unpaired) electrons. The average molecular weight is 413 g/mol. The van der Waals surface area contributed by atoms with E-state index in [1.54, 1.807) is 64.3 Å². The van der Waals surface area contributed by atoms with Crippen molar-refractivity contribution in [1.29, 1.82) is 0 Å². The number of methoxy groups -OCH3 is 1. The molecule has 8 nitrogen and oxygen atoms in total. The van der Waals surface area contributed by atoms with Crippen LogP contribution >= 0.6 is 0 Å². The van der Waals surface area contributed by atoms with E-state index in [4.69, 9.17) is 9.47 Å². The standard InChI is InChI=1S/C22H27N3O5/c1-22(2,3)30-21(28)23-14-20(27)25-18-11-6-5-10-17(18)24-19(26)13-15-8-7-9-16(12-15)29-4/h5-12H,13-14H2,1-4H3,(H,23,28)(H,24,26)(H,25,27). The van der Waals surface area contributed by atoms with E-state index in [9.17, 15) is 14.4 Å². The molecule has 2 aromatic rings. The van der Waals surface area contributed by atoms with Crippen molar-refractivity contribution in [1.82, 2.24) is 5.32 Å². The van der Waals surface area contributed by atoms with Gasteiger partial charge in [0.25, 0.3) is 0 Å². The Morgan fingerprint density at radius 3 is 2.13 bits per heavy atom. The van der Waals surface area contributed by atoms with Crippen LogP contribution in [0.4, 0.5) is 16.2 Å². The molecular weight excluding hydrogens is 386 g/mol. The summed E-state index contributed by atoms with van der Waals surface area (Å²) in [4.78, 5) is 36.3. The molecular formula is C22H27N3O5. The third-order valence-electron chi connectivity index (χ3n) is 3.77. The first-order valence-electron chi connectivity index (χ1n) is 9.45. The lowest BCUT2D eigenvalue weighted by Gasteiger charge is -2.19. The first kappa shape index (κ1) is 22.7. The number of hydrogen-bond acceptors (Lipinski definition) is 5. The normalized spacial score (nSPS) is 10.7. The largest absolute Gasteiger partial charge is 0.497 e. The third-order valence-corrected chi connectivity index (χ3v) is 3.77. The van der Waals surface area contributed by atoms with Crippen LogP contribution in [0.3, 0.4) is 0 Å². The van der Waals surface area contributed by atoms with E-state index in [1.807, 2.05) is 12.1 Å². The zero-order chi connectivity index (χ0) is 22.1. The number of carbonyl (C=O) groups excluding carboxylic acids is 3. The lowest BCUT2D eigenvalue weighted by atomic mass is 10.1. The number of carbonyl (C=O) groups is 3. The van der Waals surface area contributed by atoms with Gasteiger partial charge in [-0.05, 0) is 50.6 Å². The Labute approximate surface area is 175 Å². The van der Waals surface area contributed by atoms with Crippen molar-refractivity contribution in [2.75, 3.05) is 24.3 Å². The van der Waals surface area contributed by atoms with Crippen LogP contribution in [-0.2, 0) is 20.7 Å². The molecule has 0 atom stereocenters. The molecule has 0 aliphatic carbocycles. The van der Waals surface area contributed by atoms with Crippen LogP contribution in [0.2, 0.25) is 0 Å². The van der Waals surface area contributed by atoms with Gasteiger partial charge in [-0.25, -0.2) is 4.79 Å². The average Bonchev–Trinajstić information content (AvgIpc) is 2.66. The first-order valence-corrected chi connectivity index (χ1v) is 9.45. The highest BCUT2D eigenvalue weighted by atomic mass is 16.6. The van der Waals surface area contributed by atoms with E-state index in [-0.39, 0.29) is 18.9 Å². The fraction of sp³-hybridized carbons (Fsp3) is 0.318. The molecule has 0 saturated heterocycles. The number of anilines is 2. The van der Waals surface area contributed by atoms with Crippen LogP contribution in [0, 0.1) is 0 Å². The smallest absolute Gasteiger partial charge is 0.408 e. The maximum atomic E-state index is 12.4.